The highest BCUT2D eigenvalue weighted by molar-refractivity contribution is 5.94. The Morgan fingerprint density at radius 1 is 1.17 bits per heavy atom. The van der Waals surface area contributed by atoms with E-state index in [-0.39, 0.29) is 6.61 Å². The quantitative estimate of drug-likeness (QED) is 0.668. The van der Waals surface area contributed by atoms with Crippen molar-refractivity contribution in [3.8, 4) is 5.75 Å². The Morgan fingerprint density at radius 2 is 1.87 bits per heavy atom. The van der Waals surface area contributed by atoms with Gasteiger partial charge in [0.05, 0.1) is 12.7 Å². The molecule has 0 unspecified atom stereocenters. The van der Waals surface area contributed by atoms with E-state index >= 15 is 0 Å². The highest BCUT2D eigenvalue weighted by atomic mass is 19.1. The summed E-state index contributed by atoms with van der Waals surface area (Å²) >= 11 is 0. The van der Waals surface area contributed by atoms with Crippen LogP contribution in [0.25, 0.3) is 0 Å². The molecule has 0 aliphatic heterocycles. The van der Waals surface area contributed by atoms with Gasteiger partial charge >= 0.3 is 12.1 Å². The predicted molar refractivity (Wildman–Crippen MR) is 79.7 cm³/mol. The van der Waals surface area contributed by atoms with Crippen molar-refractivity contribution in [1.29, 1.82) is 0 Å². The summed E-state index contributed by atoms with van der Waals surface area (Å²) in [5.41, 5.74) is -0.217. The molecule has 0 radical (unpaired) electrons. The Balaban J connectivity index is 2.10. The number of benzene rings is 2. The number of anilines is 1. The number of hydrogen-bond donors (Lipinski definition) is 2. The van der Waals surface area contributed by atoms with Gasteiger partial charge in [-0.25, -0.2) is 14.0 Å². The zero-order valence-electron chi connectivity index (χ0n) is 12.2. The number of aromatic hydroxyl groups is 1. The van der Waals surface area contributed by atoms with Crippen LogP contribution in [0, 0.1) is 5.82 Å². The number of phenols is 1. The molecule has 0 fully saturated rings. The summed E-state index contributed by atoms with van der Waals surface area (Å²) in [6.45, 7) is -0.0221. The van der Waals surface area contributed by atoms with Gasteiger partial charge in [0.25, 0.3) is 0 Å². The number of rotatable bonds is 4. The van der Waals surface area contributed by atoms with E-state index in [1.807, 2.05) is 6.07 Å². The van der Waals surface area contributed by atoms with Gasteiger partial charge in [-0.2, -0.15) is 0 Å². The van der Waals surface area contributed by atoms with Crippen molar-refractivity contribution in [2.75, 3.05) is 12.4 Å². The van der Waals surface area contributed by atoms with Crippen LogP contribution in [-0.4, -0.2) is 24.3 Å². The Labute approximate surface area is 131 Å². The first-order chi connectivity index (χ1) is 11.0. The predicted octanol–water partition coefficient (Wildman–Crippen LogP) is 3.07. The third kappa shape index (κ3) is 3.97. The van der Waals surface area contributed by atoms with Gasteiger partial charge in [0.15, 0.2) is 5.82 Å². The van der Waals surface area contributed by atoms with Gasteiger partial charge in [-0.05, 0) is 17.7 Å². The Kier molecular flexibility index (Phi) is 5.14. The van der Waals surface area contributed by atoms with Crippen LogP contribution in [0.3, 0.4) is 0 Å². The molecule has 7 heteroatoms. The Hall–Kier alpha value is -3.09. The maximum Gasteiger partial charge on any atom is 0.412 e. The van der Waals surface area contributed by atoms with E-state index in [4.69, 9.17) is 4.74 Å². The van der Waals surface area contributed by atoms with Crippen LogP contribution in [0.4, 0.5) is 14.9 Å². The lowest BCUT2D eigenvalue weighted by Crippen LogP contribution is -2.16. The first-order valence-corrected chi connectivity index (χ1v) is 6.60. The van der Waals surface area contributed by atoms with Gasteiger partial charge in [-0.15, -0.1) is 0 Å². The fourth-order valence-electron chi connectivity index (χ4n) is 1.81. The smallest absolute Gasteiger partial charge is 0.412 e. The summed E-state index contributed by atoms with van der Waals surface area (Å²) in [6.07, 6.45) is -0.968. The average molecular weight is 319 g/mol. The normalized spacial score (nSPS) is 10.0. The molecule has 0 saturated carbocycles. The standard InChI is InChI=1S/C16H14FNO5/c1-22-15(20)11-7-8-12(19)14(13(11)17)18-16(21)23-9-10-5-3-2-4-6-10/h2-8,19H,9H2,1H3,(H,18,21). The molecule has 0 atom stereocenters. The number of amides is 1. The van der Waals surface area contributed by atoms with Crippen LogP contribution >= 0.6 is 0 Å². The number of carbonyl (C=O) groups is 2. The Bertz CT molecular complexity index is 718. The Morgan fingerprint density at radius 3 is 2.52 bits per heavy atom. The molecule has 0 aromatic heterocycles. The first kappa shape index (κ1) is 16.3. The average Bonchev–Trinajstić information content (AvgIpc) is 2.57. The largest absolute Gasteiger partial charge is 0.506 e. The van der Waals surface area contributed by atoms with Crippen LogP contribution in [-0.2, 0) is 16.1 Å². The SMILES string of the molecule is COC(=O)c1ccc(O)c(NC(=O)OCc2ccccc2)c1F. The molecule has 2 N–H and O–H groups in total. The van der Waals surface area contributed by atoms with E-state index in [0.29, 0.717) is 0 Å². The van der Waals surface area contributed by atoms with Crippen molar-refractivity contribution in [1.82, 2.24) is 0 Å². The van der Waals surface area contributed by atoms with Crippen molar-refractivity contribution in [2.45, 2.75) is 6.61 Å². The molecule has 2 aromatic rings. The van der Waals surface area contributed by atoms with E-state index in [1.54, 1.807) is 24.3 Å². The van der Waals surface area contributed by atoms with E-state index < -0.39 is 34.9 Å². The second kappa shape index (κ2) is 7.26. The van der Waals surface area contributed by atoms with Gasteiger partial charge in [0, 0.05) is 0 Å². The van der Waals surface area contributed by atoms with Crippen LogP contribution in [0.1, 0.15) is 15.9 Å². The summed E-state index contributed by atoms with van der Waals surface area (Å²) in [4.78, 5) is 23.1. The number of methoxy groups -OCH3 is 1. The summed E-state index contributed by atoms with van der Waals surface area (Å²) in [5.74, 6) is -2.57. The summed E-state index contributed by atoms with van der Waals surface area (Å²) in [7, 11) is 1.09. The van der Waals surface area contributed by atoms with Gasteiger partial charge in [-0.3, -0.25) is 5.32 Å². The summed E-state index contributed by atoms with van der Waals surface area (Å²) in [5, 5.41) is 11.7. The maximum atomic E-state index is 14.2. The first-order valence-electron chi connectivity index (χ1n) is 6.60. The number of halogens is 1. The third-order valence-corrected chi connectivity index (χ3v) is 2.97. The van der Waals surface area contributed by atoms with E-state index in [2.05, 4.69) is 10.1 Å². The number of ether oxygens (including phenoxy) is 2. The highest BCUT2D eigenvalue weighted by Crippen LogP contribution is 2.29. The maximum absolute atomic E-state index is 14.2. The molecule has 0 aliphatic carbocycles. The molecule has 0 saturated heterocycles. The van der Waals surface area contributed by atoms with Crippen LogP contribution < -0.4 is 5.32 Å². The number of carbonyl (C=O) groups excluding carboxylic acids is 2. The number of phenolic OH excluding ortho intramolecular Hbond substituents is 1. The van der Waals surface area contributed by atoms with Gasteiger partial charge < -0.3 is 14.6 Å². The molecular formula is C16H14FNO5. The van der Waals surface area contributed by atoms with Crippen molar-refractivity contribution in [2.24, 2.45) is 0 Å². The second-order valence-electron chi connectivity index (χ2n) is 4.50. The van der Waals surface area contributed by atoms with Crippen LogP contribution in [0.15, 0.2) is 42.5 Å². The molecule has 23 heavy (non-hydrogen) atoms. The lowest BCUT2D eigenvalue weighted by Gasteiger charge is -2.11. The van der Waals surface area contributed by atoms with Crippen LogP contribution in [0.5, 0.6) is 5.75 Å². The number of nitrogens with one attached hydrogen (secondary N) is 1. The van der Waals surface area contributed by atoms with Crippen molar-refractivity contribution in [3.63, 3.8) is 0 Å². The lowest BCUT2D eigenvalue weighted by molar-refractivity contribution is 0.0595. The fourth-order valence-corrected chi connectivity index (χ4v) is 1.81. The van der Waals surface area contributed by atoms with E-state index in [0.717, 1.165) is 24.8 Å². The molecule has 120 valence electrons. The monoisotopic (exact) mass is 319 g/mol. The molecule has 1 amide bonds. The fraction of sp³-hybridized carbons (Fsp3) is 0.125. The topological polar surface area (TPSA) is 84.9 Å². The van der Waals surface area contributed by atoms with Crippen LogP contribution in [0.2, 0.25) is 0 Å². The molecule has 0 spiro atoms. The highest BCUT2D eigenvalue weighted by Gasteiger charge is 2.20. The minimum atomic E-state index is -1.10. The third-order valence-electron chi connectivity index (χ3n) is 2.97. The molecular weight excluding hydrogens is 305 g/mol. The van der Waals surface area contributed by atoms with Gasteiger partial charge in [0.2, 0.25) is 0 Å². The minimum absolute atomic E-state index is 0.0221. The zero-order chi connectivity index (χ0) is 16.8. The lowest BCUT2D eigenvalue weighted by atomic mass is 10.1. The van der Waals surface area contributed by atoms with E-state index in [9.17, 15) is 19.1 Å². The number of hydrogen-bond acceptors (Lipinski definition) is 5. The van der Waals surface area contributed by atoms with Gasteiger partial charge in [-0.1, -0.05) is 30.3 Å². The summed E-state index contributed by atoms with van der Waals surface area (Å²) in [6, 6.07) is 11.0. The van der Waals surface area contributed by atoms with Crippen molar-refractivity contribution in [3.05, 3.63) is 59.4 Å². The zero-order valence-corrected chi connectivity index (χ0v) is 12.2. The molecule has 0 heterocycles. The molecule has 2 rings (SSSR count). The summed E-state index contributed by atoms with van der Waals surface area (Å²) < 4.78 is 23.5. The van der Waals surface area contributed by atoms with Gasteiger partial charge in [0.1, 0.15) is 18.0 Å². The molecule has 2 aromatic carbocycles. The molecule has 6 nitrogen and oxygen atoms in total. The van der Waals surface area contributed by atoms with Crippen molar-refractivity contribution >= 4 is 17.7 Å². The second-order valence-corrected chi connectivity index (χ2v) is 4.50. The molecule has 0 bridgehead atoms. The number of esters is 1. The molecule has 0 aliphatic rings. The van der Waals surface area contributed by atoms with Crippen molar-refractivity contribution < 1.29 is 28.6 Å². The minimum Gasteiger partial charge on any atom is -0.506 e. The van der Waals surface area contributed by atoms with E-state index in [1.165, 1.54) is 0 Å².